The molecule has 0 radical (unpaired) electrons. The monoisotopic (exact) mass is 310 g/mol. The van der Waals surface area contributed by atoms with Crippen LogP contribution >= 0.6 is 0 Å². The van der Waals surface area contributed by atoms with Crippen LogP contribution in [0.3, 0.4) is 0 Å². The molecule has 1 aliphatic heterocycles. The molecule has 0 aromatic heterocycles. The molecule has 1 saturated carbocycles. The number of nitrogens with one attached hydrogen (secondary N) is 1. The van der Waals surface area contributed by atoms with Gasteiger partial charge in [0, 0.05) is 5.70 Å². The maximum absolute atomic E-state index is 12.5. The average molecular weight is 310 g/mol. The molecule has 0 bridgehead atoms. The van der Waals surface area contributed by atoms with E-state index in [-0.39, 0.29) is 12.5 Å². The third-order valence-electron chi connectivity index (χ3n) is 3.48. The summed E-state index contributed by atoms with van der Waals surface area (Å²) in [6, 6.07) is 0. The van der Waals surface area contributed by atoms with E-state index in [1.165, 1.54) is 12.8 Å². The average Bonchev–Trinajstić information content (AvgIpc) is 3.10. The van der Waals surface area contributed by atoms with Crippen LogP contribution in [-0.4, -0.2) is 41.4 Å². The fraction of sp³-hybridized carbons (Fsp3) is 0.750. The number of allylic oxidation sites excluding steroid dienone is 1. The molecule has 0 aromatic carbocycles. The van der Waals surface area contributed by atoms with Crippen LogP contribution in [0.25, 0.3) is 0 Å². The van der Waals surface area contributed by atoms with Crippen molar-refractivity contribution in [1.29, 1.82) is 0 Å². The third kappa shape index (κ3) is 4.47. The molecule has 2 amide bonds. The first-order valence-corrected chi connectivity index (χ1v) is 7.73. The Morgan fingerprint density at radius 3 is 2.59 bits per heavy atom. The molecular formula is C16H26N2O4. The predicted molar refractivity (Wildman–Crippen MR) is 81.9 cm³/mol. The number of rotatable bonds is 3. The van der Waals surface area contributed by atoms with E-state index in [1.807, 2.05) is 13.8 Å². The van der Waals surface area contributed by atoms with Crippen LogP contribution in [0, 0.1) is 5.92 Å². The molecule has 0 unspecified atom stereocenters. The Labute approximate surface area is 131 Å². The van der Waals surface area contributed by atoms with E-state index in [2.05, 4.69) is 11.4 Å². The van der Waals surface area contributed by atoms with E-state index >= 15 is 0 Å². The summed E-state index contributed by atoms with van der Waals surface area (Å²) in [6.45, 7) is 9.37. The Bertz CT molecular complexity index is 487. The molecule has 6 heteroatoms. The zero-order valence-electron chi connectivity index (χ0n) is 14.1. The van der Waals surface area contributed by atoms with Gasteiger partial charge in [-0.1, -0.05) is 6.08 Å². The number of nitrogens with zero attached hydrogens (tertiary/aromatic N) is 1. The maximum Gasteiger partial charge on any atom is 0.408 e. The molecule has 0 atom stereocenters. The fourth-order valence-electron chi connectivity index (χ4n) is 2.38. The molecule has 6 nitrogen and oxygen atoms in total. The largest absolute Gasteiger partial charge is 0.444 e. The van der Waals surface area contributed by atoms with Crippen molar-refractivity contribution in [3.8, 4) is 0 Å². The Kier molecular flexibility index (Phi) is 4.52. The van der Waals surface area contributed by atoms with E-state index in [1.54, 1.807) is 25.7 Å². The number of alkyl carbamates (subject to hydrolysis) is 1. The number of ether oxygens (including phenoxy) is 2. The second kappa shape index (κ2) is 5.91. The first-order chi connectivity index (χ1) is 10.1. The summed E-state index contributed by atoms with van der Waals surface area (Å²) in [4.78, 5) is 25.8. The van der Waals surface area contributed by atoms with Gasteiger partial charge in [0.05, 0.1) is 6.61 Å². The van der Waals surface area contributed by atoms with E-state index in [0.717, 1.165) is 5.70 Å². The SMILES string of the molecule is CC(C)(C)OC(=O)NCC(=O)N1C(=CC2CC2)COC1(C)C. The lowest BCUT2D eigenvalue weighted by Gasteiger charge is -2.30. The van der Waals surface area contributed by atoms with Gasteiger partial charge in [0.15, 0.2) is 0 Å². The standard InChI is InChI=1S/C16H26N2O4/c1-15(2,3)22-14(20)17-9-13(19)18-12(8-11-6-7-11)10-21-16(18,4)5/h8,11H,6-7,9-10H2,1-5H3,(H,17,20). The normalized spacial score (nSPS) is 22.8. The van der Waals surface area contributed by atoms with Gasteiger partial charge in [-0.05, 0) is 53.4 Å². The van der Waals surface area contributed by atoms with Crippen LogP contribution < -0.4 is 5.32 Å². The van der Waals surface area contributed by atoms with Crippen LogP contribution in [0.1, 0.15) is 47.5 Å². The van der Waals surface area contributed by atoms with Crippen molar-refractivity contribution in [1.82, 2.24) is 10.2 Å². The van der Waals surface area contributed by atoms with Crippen molar-refractivity contribution < 1.29 is 19.1 Å². The molecule has 124 valence electrons. The Balaban J connectivity index is 1.96. The first kappa shape index (κ1) is 16.8. The predicted octanol–water partition coefficient (Wildman–Crippen LogP) is 2.40. The van der Waals surface area contributed by atoms with Gasteiger partial charge < -0.3 is 14.8 Å². The minimum Gasteiger partial charge on any atom is -0.444 e. The van der Waals surface area contributed by atoms with Crippen molar-refractivity contribution in [2.45, 2.75) is 58.8 Å². The lowest BCUT2D eigenvalue weighted by atomic mass is 10.2. The molecule has 1 aliphatic carbocycles. The van der Waals surface area contributed by atoms with Gasteiger partial charge in [-0.3, -0.25) is 9.69 Å². The topological polar surface area (TPSA) is 67.9 Å². The summed E-state index contributed by atoms with van der Waals surface area (Å²) in [7, 11) is 0. The van der Waals surface area contributed by atoms with Crippen LogP contribution in [0.5, 0.6) is 0 Å². The second-order valence-corrected chi connectivity index (χ2v) is 7.32. The summed E-state index contributed by atoms with van der Waals surface area (Å²) >= 11 is 0. The Morgan fingerprint density at radius 2 is 2.05 bits per heavy atom. The molecule has 2 rings (SSSR count). The van der Waals surface area contributed by atoms with Gasteiger partial charge in [0.1, 0.15) is 17.9 Å². The van der Waals surface area contributed by atoms with Crippen LogP contribution in [0.4, 0.5) is 4.79 Å². The smallest absolute Gasteiger partial charge is 0.408 e. The molecular weight excluding hydrogens is 284 g/mol. The zero-order valence-corrected chi connectivity index (χ0v) is 14.1. The van der Waals surface area contributed by atoms with Gasteiger partial charge >= 0.3 is 6.09 Å². The zero-order chi connectivity index (χ0) is 16.5. The van der Waals surface area contributed by atoms with Crippen molar-refractivity contribution in [2.24, 2.45) is 5.92 Å². The highest BCUT2D eigenvalue weighted by Gasteiger charge is 2.41. The lowest BCUT2D eigenvalue weighted by Crippen LogP contribution is -2.47. The second-order valence-electron chi connectivity index (χ2n) is 7.32. The Morgan fingerprint density at radius 1 is 1.41 bits per heavy atom. The van der Waals surface area contributed by atoms with Gasteiger partial charge in [-0.15, -0.1) is 0 Å². The molecule has 1 N–H and O–H groups in total. The van der Waals surface area contributed by atoms with Crippen molar-refractivity contribution in [3.05, 3.63) is 11.8 Å². The Hall–Kier alpha value is -1.56. The number of hydrogen-bond acceptors (Lipinski definition) is 4. The van der Waals surface area contributed by atoms with E-state index in [0.29, 0.717) is 12.5 Å². The highest BCUT2D eigenvalue weighted by atomic mass is 16.6. The van der Waals surface area contributed by atoms with Crippen LogP contribution in [0.15, 0.2) is 11.8 Å². The van der Waals surface area contributed by atoms with Crippen molar-refractivity contribution in [2.75, 3.05) is 13.2 Å². The van der Waals surface area contributed by atoms with Gasteiger partial charge in [0.2, 0.25) is 5.91 Å². The highest BCUT2D eigenvalue weighted by Crippen LogP contribution is 2.36. The van der Waals surface area contributed by atoms with Crippen LogP contribution in [0.2, 0.25) is 0 Å². The fourth-order valence-corrected chi connectivity index (χ4v) is 2.38. The lowest BCUT2D eigenvalue weighted by molar-refractivity contribution is -0.141. The number of carbonyl (C=O) groups is 2. The summed E-state index contributed by atoms with van der Waals surface area (Å²) in [5.41, 5.74) is -0.378. The highest BCUT2D eigenvalue weighted by molar-refractivity contribution is 5.84. The van der Waals surface area contributed by atoms with E-state index < -0.39 is 17.4 Å². The maximum atomic E-state index is 12.5. The van der Waals surface area contributed by atoms with Gasteiger partial charge in [-0.2, -0.15) is 0 Å². The van der Waals surface area contributed by atoms with Crippen molar-refractivity contribution >= 4 is 12.0 Å². The van der Waals surface area contributed by atoms with Gasteiger partial charge in [0.25, 0.3) is 0 Å². The summed E-state index contributed by atoms with van der Waals surface area (Å²) in [6.07, 6.45) is 3.86. The molecule has 2 aliphatic rings. The summed E-state index contributed by atoms with van der Waals surface area (Å²) in [5, 5.41) is 2.51. The molecule has 0 spiro atoms. The van der Waals surface area contributed by atoms with Crippen molar-refractivity contribution in [3.63, 3.8) is 0 Å². The first-order valence-electron chi connectivity index (χ1n) is 7.73. The number of amides is 2. The quantitative estimate of drug-likeness (QED) is 0.869. The van der Waals surface area contributed by atoms with E-state index in [4.69, 9.17) is 9.47 Å². The summed E-state index contributed by atoms with van der Waals surface area (Å²) < 4.78 is 10.8. The molecule has 22 heavy (non-hydrogen) atoms. The number of carbonyl (C=O) groups excluding carboxylic acids is 2. The minimum absolute atomic E-state index is 0.107. The molecule has 1 heterocycles. The molecule has 2 fully saturated rings. The number of hydrogen-bond donors (Lipinski definition) is 1. The molecule has 0 aromatic rings. The van der Waals surface area contributed by atoms with E-state index in [9.17, 15) is 9.59 Å². The third-order valence-corrected chi connectivity index (χ3v) is 3.48. The summed E-state index contributed by atoms with van der Waals surface area (Å²) in [5.74, 6) is 0.363. The van der Waals surface area contributed by atoms with Gasteiger partial charge in [-0.25, -0.2) is 4.79 Å². The molecule has 1 saturated heterocycles. The van der Waals surface area contributed by atoms with Crippen LogP contribution in [-0.2, 0) is 14.3 Å². The minimum atomic E-state index is -0.687.